The highest BCUT2D eigenvalue weighted by Crippen LogP contribution is 2.70. The summed E-state index contributed by atoms with van der Waals surface area (Å²) in [7, 11) is 1.77. The Labute approximate surface area is 116 Å². The highest BCUT2D eigenvalue weighted by molar-refractivity contribution is 9.09. The number of hydrogen-bond acceptors (Lipinski definition) is 3. The van der Waals surface area contributed by atoms with Crippen molar-refractivity contribution in [2.24, 2.45) is 5.41 Å². The number of Topliss-reactive ketones (excluding diaryl/α,β-unsaturated/α-hetero) is 1. The molecule has 1 amide bonds. The van der Waals surface area contributed by atoms with Crippen LogP contribution in [0.15, 0.2) is 0 Å². The first-order valence-corrected chi connectivity index (χ1v) is 7.32. The summed E-state index contributed by atoms with van der Waals surface area (Å²) in [6, 6.07) is 0. The summed E-state index contributed by atoms with van der Waals surface area (Å²) in [4.78, 5) is 25.4. The van der Waals surface area contributed by atoms with E-state index in [1.807, 2.05) is 20.8 Å². The van der Waals surface area contributed by atoms with E-state index in [9.17, 15) is 9.59 Å². The Bertz CT molecular complexity index is 380. The summed E-state index contributed by atoms with van der Waals surface area (Å²) in [5, 5.41) is 0.416. The Morgan fingerprint density at radius 3 is 2.17 bits per heavy atom. The van der Waals surface area contributed by atoms with Crippen molar-refractivity contribution in [2.45, 2.75) is 51.2 Å². The van der Waals surface area contributed by atoms with Gasteiger partial charge in [-0.15, -0.1) is 0 Å². The molecule has 0 saturated heterocycles. The maximum absolute atomic E-state index is 12.0. The van der Waals surface area contributed by atoms with Crippen LogP contribution >= 0.6 is 15.9 Å². The van der Waals surface area contributed by atoms with Gasteiger partial charge >= 0.3 is 6.09 Å². The van der Waals surface area contributed by atoms with Gasteiger partial charge in [-0.3, -0.25) is 4.79 Å². The van der Waals surface area contributed by atoms with E-state index < -0.39 is 5.60 Å². The van der Waals surface area contributed by atoms with E-state index in [-0.39, 0.29) is 22.8 Å². The Kier molecular flexibility index (Phi) is 3.04. The molecule has 3 fully saturated rings. The monoisotopic (exact) mass is 317 g/mol. The predicted octanol–water partition coefficient (Wildman–Crippen LogP) is 2.74. The van der Waals surface area contributed by atoms with Gasteiger partial charge in [0.1, 0.15) is 11.4 Å². The van der Waals surface area contributed by atoms with E-state index in [4.69, 9.17) is 4.74 Å². The number of ketones is 1. The molecule has 0 aromatic heterocycles. The molecule has 0 spiro atoms. The van der Waals surface area contributed by atoms with Crippen molar-refractivity contribution < 1.29 is 14.3 Å². The SMILES string of the molecule is CN(C(=O)OC(C)(C)C)C12CC(C(=O)CBr)(C1)C2. The molecule has 3 saturated carbocycles. The zero-order valence-electron chi connectivity index (χ0n) is 11.4. The van der Waals surface area contributed by atoms with Crippen LogP contribution in [0, 0.1) is 5.41 Å². The fourth-order valence-corrected chi connectivity index (χ4v) is 3.65. The second kappa shape index (κ2) is 3.95. The minimum atomic E-state index is -0.474. The van der Waals surface area contributed by atoms with E-state index in [0.717, 1.165) is 19.3 Å². The number of rotatable bonds is 3. The average molecular weight is 318 g/mol. The molecular weight excluding hydrogens is 298 g/mol. The summed E-state index contributed by atoms with van der Waals surface area (Å²) in [6.45, 7) is 5.57. The molecule has 0 heterocycles. The van der Waals surface area contributed by atoms with Crippen molar-refractivity contribution >= 4 is 27.8 Å². The standard InChI is InChI=1S/C13H20BrNO3/c1-11(2,3)18-10(17)15(4)13-6-12(7-13,8-13)9(16)5-14/h5-8H2,1-4H3. The van der Waals surface area contributed by atoms with Crippen molar-refractivity contribution in [3.05, 3.63) is 0 Å². The van der Waals surface area contributed by atoms with E-state index in [1.165, 1.54) is 0 Å². The number of hydrogen-bond donors (Lipinski definition) is 0. The first-order valence-electron chi connectivity index (χ1n) is 6.20. The lowest BCUT2D eigenvalue weighted by Crippen LogP contribution is -2.77. The number of alkyl halides is 1. The molecule has 4 nitrogen and oxygen atoms in total. The summed E-state index contributed by atoms with van der Waals surface area (Å²) >= 11 is 3.22. The molecule has 0 aromatic rings. The third-order valence-corrected chi connectivity index (χ3v) is 4.60. The van der Waals surface area contributed by atoms with Gasteiger partial charge in [-0.05, 0) is 40.0 Å². The molecule has 0 aliphatic heterocycles. The molecule has 0 atom stereocenters. The van der Waals surface area contributed by atoms with E-state index >= 15 is 0 Å². The number of carbonyl (C=O) groups is 2. The van der Waals surface area contributed by atoms with Gasteiger partial charge in [-0.25, -0.2) is 4.79 Å². The summed E-state index contributed by atoms with van der Waals surface area (Å²) in [6.07, 6.45) is 2.09. The zero-order chi connectivity index (χ0) is 13.8. The molecular formula is C13H20BrNO3. The number of amides is 1. The van der Waals surface area contributed by atoms with Gasteiger partial charge in [-0.1, -0.05) is 15.9 Å². The summed E-state index contributed by atoms with van der Waals surface area (Å²) in [5.74, 6) is 0.266. The van der Waals surface area contributed by atoms with Gasteiger partial charge in [0.25, 0.3) is 0 Å². The molecule has 0 radical (unpaired) electrons. The summed E-state index contributed by atoms with van der Waals surface area (Å²) < 4.78 is 5.36. The molecule has 3 aliphatic carbocycles. The van der Waals surface area contributed by atoms with Gasteiger partial charge in [0.2, 0.25) is 0 Å². The number of ether oxygens (including phenoxy) is 1. The highest BCUT2D eigenvalue weighted by Gasteiger charge is 2.73. The van der Waals surface area contributed by atoms with E-state index in [0.29, 0.717) is 5.33 Å². The third kappa shape index (κ3) is 1.96. The molecule has 3 aliphatic rings. The first kappa shape index (κ1) is 13.8. The topological polar surface area (TPSA) is 46.6 Å². The smallest absolute Gasteiger partial charge is 0.410 e. The Balaban J connectivity index is 1.93. The third-order valence-electron chi connectivity index (χ3n) is 4.09. The second-order valence-electron chi connectivity index (χ2n) is 6.63. The zero-order valence-corrected chi connectivity index (χ0v) is 13.0. The molecule has 3 rings (SSSR count). The first-order chi connectivity index (χ1) is 8.14. The lowest BCUT2D eigenvalue weighted by Gasteiger charge is -2.71. The van der Waals surface area contributed by atoms with Gasteiger partial charge in [0.05, 0.1) is 5.33 Å². The van der Waals surface area contributed by atoms with Crippen molar-refractivity contribution in [2.75, 3.05) is 12.4 Å². The van der Waals surface area contributed by atoms with Crippen LogP contribution in [0.25, 0.3) is 0 Å². The van der Waals surface area contributed by atoms with E-state index in [2.05, 4.69) is 15.9 Å². The second-order valence-corrected chi connectivity index (χ2v) is 7.19. The normalized spacial score (nSPS) is 33.2. The lowest BCUT2D eigenvalue weighted by molar-refractivity contribution is -0.204. The lowest BCUT2D eigenvalue weighted by atomic mass is 9.37. The summed E-state index contributed by atoms with van der Waals surface area (Å²) in [5.41, 5.74) is -0.752. The van der Waals surface area contributed by atoms with Gasteiger partial charge in [0.15, 0.2) is 0 Å². The van der Waals surface area contributed by atoms with Crippen molar-refractivity contribution in [3.8, 4) is 0 Å². The van der Waals surface area contributed by atoms with Crippen LogP contribution in [0.2, 0.25) is 0 Å². The van der Waals surface area contributed by atoms with Crippen LogP contribution in [-0.2, 0) is 9.53 Å². The number of halogens is 1. The number of carbonyl (C=O) groups excluding carboxylic acids is 2. The Hall–Kier alpha value is -0.580. The van der Waals surface area contributed by atoms with Gasteiger partial charge in [-0.2, -0.15) is 0 Å². The van der Waals surface area contributed by atoms with Crippen LogP contribution in [0.3, 0.4) is 0 Å². The molecule has 0 N–H and O–H groups in total. The van der Waals surface area contributed by atoms with Crippen LogP contribution in [0.1, 0.15) is 40.0 Å². The Morgan fingerprint density at radius 2 is 1.78 bits per heavy atom. The molecule has 0 aromatic carbocycles. The minimum absolute atomic E-state index is 0.125. The van der Waals surface area contributed by atoms with Crippen molar-refractivity contribution in [1.29, 1.82) is 0 Å². The molecule has 5 heteroatoms. The molecule has 102 valence electrons. The minimum Gasteiger partial charge on any atom is -0.444 e. The van der Waals surface area contributed by atoms with E-state index in [1.54, 1.807) is 11.9 Å². The van der Waals surface area contributed by atoms with Gasteiger partial charge < -0.3 is 9.64 Å². The fourth-order valence-electron chi connectivity index (χ4n) is 3.05. The maximum atomic E-state index is 12.0. The van der Waals surface area contributed by atoms with Crippen LogP contribution in [-0.4, -0.2) is 40.3 Å². The molecule has 0 unspecified atom stereocenters. The highest BCUT2D eigenvalue weighted by atomic mass is 79.9. The Morgan fingerprint density at radius 1 is 1.28 bits per heavy atom. The average Bonchev–Trinajstić information content (AvgIpc) is 2.10. The fraction of sp³-hybridized carbons (Fsp3) is 0.846. The van der Waals surface area contributed by atoms with Crippen molar-refractivity contribution in [3.63, 3.8) is 0 Å². The largest absolute Gasteiger partial charge is 0.444 e. The van der Waals surface area contributed by atoms with Crippen LogP contribution in [0.4, 0.5) is 4.79 Å². The quantitative estimate of drug-likeness (QED) is 0.752. The van der Waals surface area contributed by atoms with Crippen molar-refractivity contribution in [1.82, 2.24) is 4.90 Å². The van der Waals surface area contributed by atoms with Crippen LogP contribution in [0.5, 0.6) is 0 Å². The van der Waals surface area contributed by atoms with Crippen LogP contribution < -0.4 is 0 Å². The predicted molar refractivity (Wildman–Crippen MR) is 71.8 cm³/mol. The van der Waals surface area contributed by atoms with Gasteiger partial charge in [0, 0.05) is 18.0 Å². The molecule has 2 bridgehead atoms. The molecule has 18 heavy (non-hydrogen) atoms. The maximum Gasteiger partial charge on any atom is 0.410 e. The number of nitrogens with zero attached hydrogens (tertiary/aromatic N) is 1.